The summed E-state index contributed by atoms with van der Waals surface area (Å²) in [7, 11) is 1.55. The normalized spacial score (nSPS) is 12.2. The average molecular weight is 181 g/mol. The number of nitrogens with one attached hydrogen (secondary N) is 1. The van der Waals surface area contributed by atoms with E-state index in [1.54, 1.807) is 14.0 Å². The largest absolute Gasteiger partial charge is 0.357 e. The lowest BCUT2D eigenvalue weighted by atomic mass is 10.3. The van der Waals surface area contributed by atoms with Crippen LogP contribution in [0.5, 0.6) is 0 Å². The van der Waals surface area contributed by atoms with Crippen molar-refractivity contribution in [3.05, 3.63) is 18.2 Å². The number of amides is 1. The van der Waals surface area contributed by atoms with Crippen molar-refractivity contribution >= 4 is 12.2 Å². The molecule has 0 spiro atoms. The first-order chi connectivity index (χ1) is 6.20. The van der Waals surface area contributed by atoms with Crippen molar-refractivity contribution in [2.24, 2.45) is 0 Å². The summed E-state index contributed by atoms with van der Waals surface area (Å²) in [6.07, 6.45) is 3.56. The topological polar surface area (TPSA) is 64.0 Å². The molecule has 0 radical (unpaired) electrons. The molecule has 0 fully saturated rings. The molecular weight excluding hydrogens is 170 g/mol. The fraction of sp³-hybridized carbons (Fsp3) is 0.375. The highest BCUT2D eigenvalue weighted by Crippen LogP contribution is 2.07. The summed E-state index contributed by atoms with van der Waals surface area (Å²) in [5, 5.41) is 2.50. The van der Waals surface area contributed by atoms with Gasteiger partial charge in [-0.1, -0.05) is 0 Å². The second-order valence-electron chi connectivity index (χ2n) is 2.63. The molecule has 1 aromatic rings. The van der Waals surface area contributed by atoms with Gasteiger partial charge in [0.15, 0.2) is 6.29 Å². The van der Waals surface area contributed by atoms with Crippen molar-refractivity contribution in [3.8, 4) is 0 Å². The minimum Gasteiger partial charge on any atom is -0.357 e. The Hall–Kier alpha value is -1.65. The Balaban J connectivity index is 2.93. The molecule has 1 atom stereocenters. The van der Waals surface area contributed by atoms with Crippen LogP contribution in [-0.4, -0.2) is 28.8 Å². The summed E-state index contributed by atoms with van der Waals surface area (Å²) in [6.45, 7) is 1.70. The van der Waals surface area contributed by atoms with E-state index < -0.39 is 6.04 Å². The molecule has 13 heavy (non-hydrogen) atoms. The van der Waals surface area contributed by atoms with Gasteiger partial charge in [-0.3, -0.25) is 9.59 Å². The molecule has 0 aliphatic rings. The van der Waals surface area contributed by atoms with Crippen molar-refractivity contribution in [2.75, 3.05) is 7.05 Å². The highest BCUT2D eigenvalue weighted by molar-refractivity contribution is 5.81. The Morgan fingerprint density at radius 2 is 2.46 bits per heavy atom. The summed E-state index contributed by atoms with van der Waals surface area (Å²) in [5.74, 6) is -0.152. The van der Waals surface area contributed by atoms with Crippen molar-refractivity contribution in [2.45, 2.75) is 13.0 Å². The number of hydrogen-bond donors (Lipinski definition) is 1. The highest BCUT2D eigenvalue weighted by atomic mass is 16.2. The molecule has 0 saturated carbocycles. The number of nitrogens with zero attached hydrogens (tertiary/aromatic N) is 2. The zero-order chi connectivity index (χ0) is 9.84. The monoisotopic (exact) mass is 181 g/mol. The quantitative estimate of drug-likeness (QED) is 0.668. The molecule has 70 valence electrons. The van der Waals surface area contributed by atoms with Gasteiger partial charge >= 0.3 is 0 Å². The Labute approximate surface area is 75.8 Å². The summed E-state index contributed by atoms with van der Waals surface area (Å²) in [4.78, 5) is 25.5. The van der Waals surface area contributed by atoms with E-state index in [4.69, 9.17) is 0 Å². The van der Waals surface area contributed by atoms with E-state index in [0.717, 1.165) is 0 Å². The number of imidazole rings is 1. The molecule has 0 aromatic carbocycles. The Morgan fingerprint density at radius 1 is 1.77 bits per heavy atom. The molecule has 0 saturated heterocycles. The van der Waals surface area contributed by atoms with Gasteiger partial charge in [0.25, 0.3) is 0 Å². The van der Waals surface area contributed by atoms with Crippen LogP contribution in [0.15, 0.2) is 12.5 Å². The number of hydrogen-bond acceptors (Lipinski definition) is 3. The van der Waals surface area contributed by atoms with Gasteiger partial charge in [-0.15, -0.1) is 0 Å². The molecule has 1 aromatic heterocycles. The van der Waals surface area contributed by atoms with Crippen LogP contribution >= 0.6 is 0 Å². The Bertz CT molecular complexity index is 319. The molecular formula is C8H11N3O2. The SMILES string of the molecule is CNC(=O)C(C)n1cncc1C=O. The number of aromatic nitrogens is 2. The molecule has 5 nitrogen and oxygen atoms in total. The lowest BCUT2D eigenvalue weighted by molar-refractivity contribution is -0.123. The summed E-state index contributed by atoms with van der Waals surface area (Å²) >= 11 is 0. The Morgan fingerprint density at radius 3 is 3.00 bits per heavy atom. The van der Waals surface area contributed by atoms with Gasteiger partial charge in [0.1, 0.15) is 11.7 Å². The van der Waals surface area contributed by atoms with Gasteiger partial charge in [-0.2, -0.15) is 0 Å². The van der Waals surface area contributed by atoms with E-state index in [1.807, 2.05) is 0 Å². The van der Waals surface area contributed by atoms with E-state index >= 15 is 0 Å². The molecule has 0 aliphatic carbocycles. The van der Waals surface area contributed by atoms with Crippen LogP contribution in [0.1, 0.15) is 23.5 Å². The van der Waals surface area contributed by atoms with E-state index in [9.17, 15) is 9.59 Å². The minimum absolute atomic E-state index is 0.152. The summed E-state index contributed by atoms with van der Waals surface area (Å²) in [5.41, 5.74) is 0.399. The number of carbonyl (C=O) groups excluding carboxylic acids is 2. The molecule has 0 aliphatic heterocycles. The van der Waals surface area contributed by atoms with E-state index in [1.165, 1.54) is 17.1 Å². The molecule has 1 heterocycles. The minimum atomic E-state index is -0.410. The lowest BCUT2D eigenvalue weighted by Crippen LogP contribution is -2.28. The van der Waals surface area contributed by atoms with Crippen LogP contribution in [0, 0.1) is 0 Å². The number of likely N-dealkylation sites (N-methyl/N-ethyl adjacent to an activating group) is 1. The second-order valence-corrected chi connectivity index (χ2v) is 2.63. The number of rotatable bonds is 3. The van der Waals surface area contributed by atoms with Crippen molar-refractivity contribution in [1.82, 2.24) is 14.9 Å². The second kappa shape index (κ2) is 3.84. The van der Waals surface area contributed by atoms with Gasteiger partial charge in [0.2, 0.25) is 5.91 Å². The van der Waals surface area contributed by atoms with Gasteiger partial charge in [0.05, 0.1) is 12.5 Å². The maximum Gasteiger partial charge on any atom is 0.242 e. The van der Waals surface area contributed by atoms with Crippen LogP contribution in [0.25, 0.3) is 0 Å². The van der Waals surface area contributed by atoms with Gasteiger partial charge in [0, 0.05) is 7.05 Å². The van der Waals surface area contributed by atoms with E-state index in [-0.39, 0.29) is 5.91 Å². The van der Waals surface area contributed by atoms with Crippen molar-refractivity contribution in [3.63, 3.8) is 0 Å². The van der Waals surface area contributed by atoms with Crippen LogP contribution in [0.3, 0.4) is 0 Å². The molecule has 5 heteroatoms. The van der Waals surface area contributed by atoms with Crippen LogP contribution < -0.4 is 5.32 Å². The zero-order valence-corrected chi connectivity index (χ0v) is 7.52. The zero-order valence-electron chi connectivity index (χ0n) is 7.52. The fourth-order valence-corrected chi connectivity index (χ4v) is 1.06. The third kappa shape index (κ3) is 1.74. The van der Waals surface area contributed by atoms with Crippen molar-refractivity contribution < 1.29 is 9.59 Å². The summed E-state index contributed by atoms with van der Waals surface area (Å²) < 4.78 is 1.52. The fourth-order valence-electron chi connectivity index (χ4n) is 1.06. The molecule has 1 amide bonds. The third-order valence-electron chi connectivity index (χ3n) is 1.86. The van der Waals surface area contributed by atoms with Crippen LogP contribution in [0.4, 0.5) is 0 Å². The molecule has 1 N–H and O–H groups in total. The van der Waals surface area contributed by atoms with Gasteiger partial charge in [-0.05, 0) is 6.92 Å². The predicted octanol–water partition coefficient (Wildman–Crippen LogP) is 0.00260. The standard InChI is InChI=1S/C8H11N3O2/c1-6(8(13)9-2)11-5-10-3-7(11)4-12/h3-6H,1-2H3,(H,9,13). The first kappa shape index (κ1) is 9.44. The smallest absolute Gasteiger partial charge is 0.242 e. The molecule has 0 bridgehead atoms. The predicted molar refractivity (Wildman–Crippen MR) is 46.4 cm³/mol. The van der Waals surface area contributed by atoms with E-state index in [0.29, 0.717) is 12.0 Å². The number of carbonyl (C=O) groups is 2. The lowest BCUT2D eigenvalue weighted by Gasteiger charge is -2.12. The third-order valence-corrected chi connectivity index (χ3v) is 1.86. The first-order valence-corrected chi connectivity index (χ1v) is 3.89. The maximum atomic E-state index is 11.2. The molecule has 1 unspecified atom stereocenters. The highest BCUT2D eigenvalue weighted by Gasteiger charge is 2.15. The van der Waals surface area contributed by atoms with Gasteiger partial charge in [-0.25, -0.2) is 4.98 Å². The Kier molecular flexibility index (Phi) is 2.79. The summed E-state index contributed by atoms with van der Waals surface area (Å²) in [6, 6.07) is -0.410. The van der Waals surface area contributed by atoms with Crippen LogP contribution in [0.2, 0.25) is 0 Å². The van der Waals surface area contributed by atoms with Crippen molar-refractivity contribution in [1.29, 1.82) is 0 Å². The van der Waals surface area contributed by atoms with Gasteiger partial charge < -0.3 is 9.88 Å². The maximum absolute atomic E-state index is 11.2. The van der Waals surface area contributed by atoms with E-state index in [2.05, 4.69) is 10.3 Å². The first-order valence-electron chi connectivity index (χ1n) is 3.89. The van der Waals surface area contributed by atoms with Crippen LogP contribution in [-0.2, 0) is 4.79 Å². The average Bonchev–Trinajstić information content (AvgIpc) is 2.62. The number of aldehydes is 1. The molecule has 1 rings (SSSR count).